The van der Waals surface area contributed by atoms with Gasteiger partial charge in [-0.05, 0) is 30.7 Å². The first-order valence-corrected chi connectivity index (χ1v) is 9.75. The zero-order chi connectivity index (χ0) is 19.2. The van der Waals surface area contributed by atoms with Crippen molar-refractivity contribution in [1.82, 2.24) is 10.3 Å². The number of nitrogens with two attached hydrogens (primary N) is 1. The lowest BCUT2D eigenvalue weighted by atomic mass is 10.1. The molecule has 0 aliphatic carbocycles. The highest BCUT2D eigenvalue weighted by Gasteiger charge is 2.21. The Morgan fingerprint density at radius 1 is 1.04 bits per heavy atom. The Balaban J connectivity index is 1.71. The largest absolute Gasteiger partial charge is 0.368 e. The number of benzene rings is 2. The van der Waals surface area contributed by atoms with E-state index in [0.717, 1.165) is 5.39 Å². The predicted octanol–water partition coefficient (Wildman–Crippen LogP) is 2.02. The van der Waals surface area contributed by atoms with E-state index in [1.54, 1.807) is 48.7 Å². The number of hydrogen-bond acceptors (Lipinski definition) is 4. The quantitative estimate of drug-likeness (QED) is 0.653. The molecule has 3 N–H and O–H groups in total. The number of nitrogens with one attached hydrogen (secondary N) is 1. The average Bonchev–Trinajstić information content (AvgIpc) is 2.70. The van der Waals surface area contributed by atoms with Crippen LogP contribution in [0.5, 0.6) is 0 Å². The number of hydrogen-bond donors (Lipinski definition) is 2. The van der Waals surface area contributed by atoms with Gasteiger partial charge in [-0.2, -0.15) is 0 Å². The molecule has 0 unspecified atom stereocenters. The van der Waals surface area contributed by atoms with Crippen LogP contribution in [-0.2, 0) is 15.6 Å². The summed E-state index contributed by atoms with van der Waals surface area (Å²) < 4.78 is 12.3. The summed E-state index contributed by atoms with van der Waals surface area (Å²) in [6.45, 7) is 0. The molecule has 1 heterocycles. The smallest absolute Gasteiger partial charge is 0.254 e. The Morgan fingerprint density at radius 2 is 1.78 bits per heavy atom. The van der Waals surface area contributed by atoms with E-state index in [2.05, 4.69) is 10.3 Å². The molecule has 3 aromatic rings. The molecular weight excluding hydrogens is 362 g/mol. The number of para-hydroxylation sites is 1. The summed E-state index contributed by atoms with van der Waals surface area (Å²) >= 11 is 0. The van der Waals surface area contributed by atoms with Gasteiger partial charge in [0.15, 0.2) is 0 Å². The van der Waals surface area contributed by atoms with Crippen LogP contribution < -0.4 is 11.1 Å². The number of carbonyl (C=O) groups excluding carboxylic acids is 2. The standard InChI is InChI=1S/C20H19N3O3S/c21-19(24)17(11-13-27(26)15-8-2-1-3-9-15)23-20(25)16-10-4-6-14-7-5-12-22-18(14)16/h1-10,12,17H,11,13H2,(H2,21,24)(H,23,25)/t17-,27+/m1/s1. The number of aromatic nitrogens is 1. The molecular formula is C20H19N3O3S. The van der Waals surface area contributed by atoms with Crippen LogP contribution in [0.1, 0.15) is 16.8 Å². The van der Waals surface area contributed by atoms with Gasteiger partial charge in [-0.1, -0.05) is 36.4 Å². The summed E-state index contributed by atoms with van der Waals surface area (Å²) in [5, 5.41) is 3.47. The Hall–Kier alpha value is -3.06. The second-order valence-electron chi connectivity index (χ2n) is 5.96. The molecule has 1 aromatic heterocycles. The van der Waals surface area contributed by atoms with Crippen LogP contribution in [0.2, 0.25) is 0 Å². The SMILES string of the molecule is NC(=O)[C@@H](CC[S@](=O)c1ccccc1)NC(=O)c1cccc2cccnc12. The van der Waals surface area contributed by atoms with Gasteiger partial charge in [0.05, 0.1) is 21.9 Å². The zero-order valence-corrected chi connectivity index (χ0v) is 15.3. The third-order valence-electron chi connectivity index (χ3n) is 4.12. The lowest BCUT2D eigenvalue weighted by molar-refractivity contribution is -0.119. The van der Waals surface area contributed by atoms with Crippen LogP contribution in [-0.4, -0.2) is 32.8 Å². The molecule has 0 saturated carbocycles. The first kappa shape index (κ1) is 18.7. The van der Waals surface area contributed by atoms with Crippen molar-refractivity contribution in [2.45, 2.75) is 17.4 Å². The lowest BCUT2D eigenvalue weighted by Crippen LogP contribution is -2.45. The van der Waals surface area contributed by atoms with Gasteiger partial charge in [0.2, 0.25) is 5.91 Å². The third-order valence-corrected chi connectivity index (χ3v) is 5.53. The van der Waals surface area contributed by atoms with Crippen LogP contribution in [0, 0.1) is 0 Å². The second kappa shape index (κ2) is 8.55. The fourth-order valence-electron chi connectivity index (χ4n) is 2.72. The van der Waals surface area contributed by atoms with Crippen molar-refractivity contribution in [3.8, 4) is 0 Å². The number of carbonyl (C=O) groups is 2. The van der Waals surface area contributed by atoms with Crippen LogP contribution >= 0.6 is 0 Å². The van der Waals surface area contributed by atoms with Crippen molar-refractivity contribution >= 4 is 33.5 Å². The normalized spacial score (nSPS) is 13.0. The fourth-order valence-corrected chi connectivity index (χ4v) is 3.87. The van der Waals surface area contributed by atoms with E-state index in [1.165, 1.54) is 0 Å². The van der Waals surface area contributed by atoms with E-state index in [9.17, 15) is 13.8 Å². The summed E-state index contributed by atoms with van der Waals surface area (Å²) in [5.41, 5.74) is 6.35. The maximum absolute atomic E-state index is 12.7. The van der Waals surface area contributed by atoms with E-state index in [4.69, 9.17) is 5.73 Å². The van der Waals surface area contributed by atoms with E-state index >= 15 is 0 Å². The van der Waals surface area contributed by atoms with E-state index < -0.39 is 28.7 Å². The molecule has 0 radical (unpaired) electrons. The Kier molecular flexibility index (Phi) is 5.93. The molecule has 0 saturated heterocycles. The first-order valence-electron chi connectivity index (χ1n) is 8.43. The number of nitrogens with zero attached hydrogens (tertiary/aromatic N) is 1. The molecule has 138 valence electrons. The maximum atomic E-state index is 12.7. The number of pyridine rings is 1. The average molecular weight is 381 g/mol. The van der Waals surface area contributed by atoms with Gasteiger partial charge in [-0.25, -0.2) is 0 Å². The van der Waals surface area contributed by atoms with E-state index in [1.807, 2.05) is 18.2 Å². The van der Waals surface area contributed by atoms with Gasteiger partial charge in [0, 0.05) is 22.2 Å². The predicted molar refractivity (Wildman–Crippen MR) is 105 cm³/mol. The summed E-state index contributed by atoms with van der Waals surface area (Å²) in [5.74, 6) is -0.888. The minimum Gasteiger partial charge on any atom is -0.368 e. The highest BCUT2D eigenvalue weighted by atomic mass is 32.2. The number of rotatable bonds is 7. The number of fused-ring (bicyclic) bond motifs is 1. The molecule has 0 bridgehead atoms. The van der Waals surface area contributed by atoms with Crippen LogP contribution in [0.25, 0.3) is 10.9 Å². The van der Waals surface area contributed by atoms with Gasteiger partial charge in [-0.15, -0.1) is 0 Å². The molecule has 0 aliphatic rings. The van der Waals surface area contributed by atoms with Gasteiger partial charge in [-0.3, -0.25) is 18.8 Å². The van der Waals surface area contributed by atoms with Crippen molar-refractivity contribution in [1.29, 1.82) is 0 Å². The molecule has 0 aliphatic heterocycles. The maximum Gasteiger partial charge on any atom is 0.254 e. The summed E-state index contributed by atoms with van der Waals surface area (Å²) in [7, 11) is -1.27. The molecule has 0 spiro atoms. The van der Waals surface area contributed by atoms with E-state index in [0.29, 0.717) is 16.0 Å². The molecule has 2 atom stereocenters. The van der Waals surface area contributed by atoms with Crippen molar-refractivity contribution in [2.75, 3.05) is 5.75 Å². The first-order chi connectivity index (χ1) is 13.1. The topological polar surface area (TPSA) is 102 Å². The molecule has 2 amide bonds. The third kappa shape index (κ3) is 4.57. The van der Waals surface area contributed by atoms with Gasteiger partial charge >= 0.3 is 0 Å². The highest BCUT2D eigenvalue weighted by Crippen LogP contribution is 2.16. The fraction of sp³-hybridized carbons (Fsp3) is 0.150. The highest BCUT2D eigenvalue weighted by molar-refractivity contribution is 7.85. The summed E-state index contributed by atoms with van der Waals surface area (Å²) in [6, 6.07) is 16.9. The lowest BCUT2D eigenvalue weighted by Gasteiger charge is -2.16. The molecule has 7 heteroatoms. The Labute approximate surface area is 159 Å². The summed E-state index contributed by atoms with van der Waals surface area (Å²) in [6.07, 6.45) is 1.79. The number of primary amides is 1. The van der Waals surface area contributed by atoms with Crippen molar-refractivity contribution < 1.29 is 13.8 Å². The van der Waals surface area contributed by atoms with Crippen molar-refractivity contribution in [3.05, 3.63) is 72.4 Å². The van der Waals surface area contributed by atoms with Gasteiger partial charge < -0.3 is 11.1 Å². The molecule has 2 aromatic carbocycles. The molecule has 0 fully saturated rings. The molecule has 3 rings (SSSR count). The second-order valence-corrected chi connectivity index (χ2v) is 7.53. The van der Waals surface area contributed by atoms with Crippen LogP contribution in [0.4, 0.5) is 0 Å². The van der Waals surface area contributed by atoms with Crippen molar-refractivity contribution in [3.63, 3.8) is 0 Å². The Morgan fingerprint density at radius 3 is 2.52 bits per heavy atom. The van der Waals surface area contributed by atoms with Crippen LogP contribution in [0.15, 0.2) is 71.8 Å². The zero-order valence-electron chi connectivity index (χ0n) is 14.5. The van der Waals surface area contributed by atoms with Gasteiger partial charge in [0.1, 0.15) is 6.04 Å². The summed E-state index contributed by atoms with van der Waals surface area (Å²) in [4.78, 5) is 29.3. The minimum atomic E-state index is -1.27. The van der Waals surface area contributed by atoms with E-state index in [-0.39, 0.29) is 12.2 Å². The van der Waals surface area contributed by atoms with Crippen LogP contribution in [0.3, 0.4) is 0 Å². The molecule has 27 heavy (non-hydrogen) atoms. The van der Waals surface area contributed by atoms with Crippen molar-refractivity contribution in [2.24, 2.45) is 5.73 Å². The monoisotopic (exact) mass is 381 g/mol. The molecule has 6 nitrogen and oxygen atoms in total. The van der Waals surface area contributed by atoms with Gasteiger partial charge in [0.25, 0.3) is 5.91 Å². The minimum absolute atomic E-state index is 0.181. The number of amides is 2. The Bertz CT molecular complexity index is 987.